The van der Waals surface area contributed by atoms with Gasteiger partial charge in [0.25, 0.3) is 5.91 Å². The fourth-order valence-electron chi connectivity index (χ4n) is 2.30. The van der Waals surface area contributed by atoms with Gasteiger partial charge in [-0.1, -0.05) is 12.1 Å². The van der Waals surface area contributed by atoms with Gasteiger partial charge in [-0.2, -0.15) is 0 Å². The summed E-state index contributed by atoms with van der Waals surface area (Å²) in [6, 6.07) is 11.8. The molecule has 7 nitrogen and oxygen atoms in total. The summed E-state index contributed by atoms with van der Waals surface area (Å²) >= 11 is 0. The minimum Gasteiger partial charge on any atom is -0.545 e. The fraction of sp³-hybridized carbons (Fsp3) is 0.0556. The van der Waals surface area contributed by atoms with Crippen molar-refractivity contribution in [1.82, 2.24) is 0 Å². The number of carbonyl (C=O) groups is 2. The van der Waals surface area contributed by atoms with Crippen LogP contribution < -0.4 is 20.8 Å². The van der Waals surface area contributed by atoms with E-state index in [9.17, 15) is 19.5 Å². The molecule has 7 heteroatoms. The Morgan fingerprint density at radius 3 is 2.64 bits per heavy atom. The molecule has 0 radical (unpaired) electrons. The maximum absolute atomic E-state index is 12.3. The normalized spacial score (nSPS) is 10.4. The number of rotatable bonds is 4. The maximum Gasteiger partial charge on any atom is 0.349 e. The van der Waals surface area contributed by atoms with Gasteiger partial charge in [-0.25, -0.2) is 4.79 Å². The Morgan fingerprint density at radius 1 is 1.12 bits per heavy atom. The molecular formula is C18H12NO6-. The lowest BCUT2D eigenvalue weighted by atomic mass is 10.1. The molecule has 0 fully saturated rings. The van der Waals surface area contributed by atoms with Gasteiger partial charge >= 0.3 is 5.63 Å². The van der Waals surface area contributed by atoms with Crippen LogP contribution in [0.25, 0.3) is 11.0 Å². The lowest BCUT2D eigenvalue weighted by Crippen LogP contribution is -2.23. The molecule has 1 heterocycles. The third-order valence-electron chi connectivity index (χ3n) is 3.54. The summed E-state index contributed by atoms with van der Waals surface area (Å²) in [7, 11) is 1.49. The monoisotopic (exact) mass is 338 g/mol. The van der Waals surface area contributed by atoms with Crippen LogP contribution in [0.15, 0.2) is 57.7 Å². The average Bonchev–Trinajstić information content (AvgIpc) is 2.60. The average molecular weight is 338 g/mol. The number of carbonyl (C=O) groups excluding carboxylic acids is 2. The highest BCUT2D eigenvalue weighted by Crippen LogP contribution is 2.20. The molecule has 1 aromatic heterocycles. The van der Waals surface area contributed by atoms with Crippen molar-refractivity contribution in [3.63, 3.8) is 0 Å². The maximum atomic E-state index is 12.3. The van der Waals surface area contributed by atoms with E-state index in [0.717, 1.165) is 0 Å². The van der Waals surface area contributed by atoms with Crippen molar-refractivity contribution >= 4 is 28.5 Å². The number of carboxylic acid groups (broad SMARTS) is 1. The molecule has 1 amide bonds. The molecule has 0 aliphatic heterocycles. The molecule has 0 bridgehead atoms. The summed E-state index contributed by atoms with van der Waals surface area (Å²) < 4.78 is 10.2. The quantitative estimate of drug-likeness (QED) is 0.721. The molecule has 0 unspecified atom stereocenters. The zero-order valence-corrected chi connectivity index (χ0v) is 13.1. The zero-order chi connectivity index (χ0) is 18.0. The second-order valence-corrected chi connectivity index (χ2v) is 5.17. The number of anilines is 1. The predicted molar refractivity (Wildman–Crippen MR) is 87.8 cm³/mol. The summed E-state index contributed by atoms with van der Waals surface area (Å²) in [5, 5.41) is 13.9. The zero-order valence-electron chi connectivity index (χ0n) is 13.1. The second kappa shape index (κ2) is 6.48. The van der Waals surface area contributed by atoms with Crippen LogP contribution >= 0.6 is 0 Å². The molecule has 0 aliphatic carbocycles. The van der Waals surface area contributed by atoms with E-state index in [1.807, 2.05) is 0 Å². The molecule has 0 atom stereocenters. The van der Waals surface area contributed by atoms with Crippen molar-refractivity contribution in [2.24, 2.45) is 0 Å². The third-order valence-corrected chi connectivity index (χ3v) is 3.54. The number of methoxy groups -OCH3 is 1. The Hall–Kier alpha value is -3.61. The van der Waals surface area contributed by atoms with Crippen LogP contribution in [0.3, 0.4) is 0 Å². The second-order valence-electron chi connectivity index (χ2n) is 5.17. The van der Waals surface area contributed by atoms with Crippen LogP contribution in [0.5, 0.6) is 5.75 Å². The lowest BCUT2D eigenvalue weighted by molar-refractivity contribution is -0.255. The summed E-state index contributed by atoms with van der Waals surface area (Å²) in [5.74, 6) is -1.55. The summed E-state index contributed by atoms with van der Waals surface area (Å²) in [6.45, 7) is 0. The Bertz CT molecular complexity index is 1040. The van der Waals surface area contributed by atoms with Crippen molar-refractivity contribution in [2.45, 2.75) is 0 Å². The largest absolute Gasteiger partial charge is 0.545 e. The van der Waals surface area contributed by atoms with E-state index in [0.29, 0.717) is 16.7 Å². The Balaban J connectivity index is 1.94. The molecule has 3 rings (SSSR count). The Kier molecular flexibility index (Phi) is 4.21. The highest BCUT2D eigenvalue weighted by Gasteiger charge is 2.14. The van der Waals surface area contributed by atoms with E-state index < -0.39 is 17.5 Å². The van der Waals surface area contributed by atoms with Gasteiger partial charge in [-0.15, -0.1) is 0 Å². The number of nitrogens with one attached hydrogen (secondary N) is 1. The van der Waals surface area contributed by atoms with Crippen molar-refractivity contribution in [1.29, 1.82) is 0 Å². The van der Waals surface area contributed by atoms with Gasteiger partial charge in [0.1, 0.15) is 16.9 Å². The molecule has 2 aromatic carbocycles. The van der Waals surface area contributed by atoms with Gasteiger partial charge in [0.2, 0.25) is 0 Å². The third kappa shape index (κ3) is 3.35. The van der Waals surface area contributed by atoms with Crippen LogP contribution in [0.1, 0.15) is 20.7 Å². The van der Waals surface area contributed by atoms with Crippen LogP contribution in [0.2, 0.25) is 0 Å². The molecule has 126 valence electrons. The number of fused-ring (bicyclic) bond motifs is 1. The first-order chi connectivity index (χ1) is 12.0. The van der Waals surface area contributed by atoms with Gasteiger partial charge < -0.3 is 24.4 Å². The summed E-state index contributed by atoms with van der Waals surface area (Å²) in [4.78, 5) is 35.3. The van der Waals surface area contributed by atoms with Crippen molar-refractivity contribution in [2.75, 3.05) is 12.4 Å². The van der Waals surface area contributed by atoms with Crippen LogP contribution in [0, 0.1) is 0 Å². The summed E-state index contributed by atoms with van der Waals surface area (Å²) in [6.07, 6.45) is 0. The highest BCUT2D eigenvalue weighted by molar-refractivity contribution is 6.05. The number of benzene rings is 2. The van der Waals surface area contributed by atoms with E-state index in [1.165, 1.54) is 37.4 Å². The first-order valence-electron chi connectivity index (χ1n) is 7.22. The van der Waals surface area contributed by atoms with E-state index in [-0.39, 0.29) is 16.8 Å². The molecule has 0 saturated carbocycles. The smallest absolute Gasteiger partial charge is 0.349 e. The Morgan fingerprint density at radius 2 is 1.92 bits per heavy atom. The van der Waals surface area contributed by atoms with Crippen molar-refractivity contribution in [3.8, 4) is 5.75 Å². The molecule has 1 N–H and O–H groups in total. The first-order valence-corrected chi connectivity index (χ1v) is 7.22. The predicted octanol–water partition coefficient (Wildman–Crippen LogP) is 1.42. The molecule has 0 spiro atoms. The molecule has 0 saturated heterocycles. The van der Waals surface area contributed by atoms with Gasteiger partial charge in [-0.3, -0.25) is 4.79 Å². The topological polar surface area (TPSA) is 109 Å². The van der Waals surface area contributed by atoms with Crippen LogP contribution in [-0.4, -0.2) is 19.0 Å². The van der Waals surface area contributed by atoms with Gasteiger partial charge in [-0.05, 0) is 35.9 Å². The highest BCUT2D eigenvalue weighted by atomic mass is 16.5. The molecule has 3 aromatic rings. The van der Waals surface area contributed by atoms with E-state index >= 15 is 0 Å². The molecule has 0 aliphatic rings. The Labute approximate surface area is 141 Å². The number of hydrogen-bond acceptors (Lipinski definition) is 6. The SMILES string of the molecule is COc1ccc2cc(C(=O)Nc3cccc(C(=O)[O-])c3)c(=O)oc2c1. The molecular weight excluding hydrogens is 326 g/mol. The molecule has 25 heavy (non-hydrogen) atoms. The fourth-order valence-corrected chi connectivity index (χ4v) is 2.30. The number of hydrogen-bond donors (Lipinski definition) is 1. The standard InChI is InChI=1S/C18H13NO6/c1-24-13-6-5-10-8-14(18(23)25-15(10)9-13)16(20)19-12-4-2-3-11(7-12)17(21)22/h2-9H,1H3,(H,19,20)(H,21,22)/p-1. The van der Waals surface area contributed by atoms with E-state index in [2.05, 4.69) is 5.32 Å². The van der Waals surface area contributed by atoms with Gasteiger partial charge in [0.15, 0.2) is 0 Å². The van der Waals surface area contributed by atoms with Gasteiger partial charge in [0, 0.05) is 17.1 Å². The van der Waals surface area contributed by atoms with Crippen LogP contribution in [-0.2, 0) is 0 Å². The lowest BCUT2D eigenvalue weighted by Gasteiger charge is -2.08. The van der Waals surface area contributed by atoms with Crippen molar-refractivity contribution < 1.29 is 23.8 Å². The van der Waals surface area contributed by atoms with Crippen LogP contribution in [0.4, 0.5) is 5.69 Å². The van der Waals surface area contributed by atoms with Gasteiger partial charge in [0.05, 0.1) is 13.1 Å². The minimum atomic E-state index is -1.37. The summed E-state index contributed by atoms with van der Waals surface area (Å²) in [5.41, 5.74) is -0.581. The minimum absolute atomic E-state index is 0.0876. The first kappa shape index (κ1) is 16.3. The number of carboxylic acids is 1. The number of amides is 1. The number of ether oxygens (including phenoxy) is 1. The van der Waals surface area contributed by atoms with E-state index in [1.54, 1.807) is 18.2 Å². The van der Waals surface area contributed by atoms with Crippen molar-refractivity contribution in [3.05, 3.63) is 70.1 Å². The number of aromatic carboxylic acids is 1. The van der Waals surface area contributed by atoms with E-state index in [4.69, 9.17) is 9.15 Å².